The fourth-order valence-corrected chi connectivity index (χ4v) is 2.58. The van der Waals surface area contributed by atoms with Gasteiger partial charge in [-0.3, -0.25) is 9.89 Å². The van der Waals surface area contributed by atoms with Gasteiger partial charge in [-0.1, -0.05) is 35.9 Å². The van der Waals surface area contributed by atoms with Crippen LogP contribution in [0.5, 0.6) is 0 Å². The molecule has 0 atom stereocenters. The van der Waals surface area contributed by atoms with Crippen molar-refractivity contribution in [3.63, 3.8) is 0 Å². The number of aryl methyl sites for hydroxylation is 1. The van der Waals surface area contributed by atoms with Crippen molar-refractivity contribution in [2.45, 2.75) is 6.92 Å². The van der Waals surface area contributed by atoms with Crippen LogP contribution in [0.4, 0.5) is 11.6 Å². The molecule has 0 spiro atoms. The molecule has 0 bridgehead atoms. The maximum atomic E-state index is 6.15. The number of nitrogens with two attached hydrogens (primary N) is 1. The number of fused-ring (bicyclic) bond motifs is 1. The van der Waals surface area contributed by atoms with Gasteiger partial charge in [-0.15, -0.1) is 0 Å². The summed E-state index contributed by atoms with van der Waals surface area (Å²) in [6, 6.07) is 13.6. The highest BCUT2D eigenvalue weighted by atomic mass is 35.5. The first-order valence-electron chi connectivity index (χ1n) is 6.86. The van der Waals surface area contributed by atoms with Crippen molar-refractivity contribution in [2.75, 3.05) is 11.9 Å². The van der Waals surface area contributed by atoms with Gasteiger partial charge in [-0.25, -0.2) is 0 Å². The van der Waals surface area contributed by atoms with Gasteiger partial charge in [0.2, 0.25) is 11.8 Å². The fourth-order valence-electron chi connectivity index (χ4n) is 2.41. The van der Waals surface area contributed by atoms with Gasteiger partial charge >= 0.3 is 0 Å². The summed E-state index contributed by atoms with van der Waals surface area (Å²) in [4.78, 5) is 5.90. The van der Waals surface area contributed by atoms with Crippen LogP contribution in [0.1, 0.15) is 5.56 Å². The summed E-state index contributed by atoms with van der Waals surface area (Å²) in [6.07, 6.45) is 1.71. The molecule has 0 saturated carbocycles. The lowest BCUT2D eigenvalue weighted by Crippen LogP contribution is -2.33. The molecular weight excluding hydrogens is 298 g/mol. The van der Waals surface area contributed by atoms with E-state index >= 15 is 0 Å². The first kappa shape index (κ1) is 14.5. The number of anilines is 2. The van der Waals surface area contributed by atoms with Crippen molar-refractivity contribution in [2.24, 2.45) is 10.7 Å². The lowest BCUT2D eigenvalue weighted by Gasteiger charge is -2.23. The van der Waals surface area contributed by atoms with Gasteiger partial charge in [0.05, 0.1) is 5.69 Å². The minimum atomic E-state index is 0.338. The SMILES string of the molecule is CN=C(N)N(c1cc(Cl)ccc1C)c1occ2ccccc12. The number of benzene rings is 2. The summed E-state index contributed by atoms with van der Waals surface area (Å²) in [5.41, 5.74) is 7.99. The predicted molar refractivity (Wildman–Crippen MR) is 92.1 cm³/mol. The van der Waals surface area contributed by atoms with Crippen molar-refractivity contribution in [1.82, 2.24) is 0 Å². The maximum Gasteiger partial charge on any atom is 0.214 e. The highest BCUT2D eigenvalue weighted by Gasteiger charge is 2.21. The van der Waals surface area contributed by atoms with Crippen molar-refractivity contribution in [3.05, 3.63) is 59.3 Å². The molecule has 0 unspecified atom stereocenters. The number of rotatable bonds is 2. The number of nitrogens with zero attached hydrogens (tertiary/aromatic N) is 2. The van der Waals surface area contributed by atoms with Crippen LogP contribution >= 0.6 is 11.6 Å². The zero-order valence-corrected chi connectivity index (χ0v) is 13.1. The Morgan fingerprint density at radius 2 is 2.00 bits per heavy atom. The third-order valence-electron chi connectivity index (χ3n) is 3.56. The molecule has 4 nitrogen and oxygen atoms in total. The number of halogens is 1. The maximum absolute atomic E-state index is 6.15. The molecule has 2 aromatic carbocycles. The van der Waals surface area contributed by atoms with Crippen LogP contribution in [0.15, 0.2) is 58.1 Å². The minimum absolute atomic E-state index is 0.338. The summed E-state index contributed by atoms with van der Waals surface area (Å²) in [6.45, 7) is 1.99. The van der Waals surface area contributed by atoms with E-state index < -0.39 is 0 Å². The summed E-state index contributed by atoms with van der Waals surface area (Å²) in [5.74, 6) is 0.967. The van der Waals surface area contributed by atoms with Crippen molar-refractivity contribution >= 4 is 39.9 Å². The highest BCUT2D eigenvalue weighted by Crippen LogP contribution is 2.36. The molecule has 1 heterocycles. The van der Waals surface area contributed by atoms with Crippen LogP contribution in [-0.4, -0.2) is 13.0 Å². The van der Waals surface area contributed by atoms with Crippen molar-refractivity contribution in [1.29, 1.82) is 0 Å². The summed E-state index contributed by atoms with van der Waals surface area (Å²) >= 11 is 6.15. The van der Waals surface area contributed by atoms with Crippen LogP contribution in [-0.2, 0) is 0 Å². The number of furan rings is 1. The molecule has 112 valence electrons. The fraction of sp³-hybridized carbons (Fsp3) is 0.118. The molecule has 22 heavy (non-hydrogen) atoms. The molecule has 0 radical (unpaired) electrons. The van der Waals surface area contributed by atoms with Crippen molar-refractivity contribution in [3.8, 4) is 0 Å². The summed E-state index contributed by atoms with van der Waals surface area (Å²) in [5, 5.41) is 2.60. The topological polar surface area (TPSA) is 54.8 Å². The predicted octanol–water partition coefficient (Wildman–Crippen LogP) is 4.48. The molecule has 1 aromatic heterocycles. The van der Waals surface area contributed by atoms with E-state index in [1.54, 1.807) is 18.2 Å². The van der Waals surface area contributed by atoms with Crippen LogP contribution < -0.4 is 10.6 Å². The molecule has 3 rings (SSSR count). The average Bonchev–Trinajstić information content (AvgIpc) is 2.95. The molecule has 0 amide bonds. The monoisotopic (exact) mass is 313 g/mol. The Hall–Kier alpha value is -2.46. The first-order chi connectivity index (χ1) is 10.6. The van der Waals surface area contributed by atoms with E-state index in [0.717, 1.165) is 22.0 Å². The molecule has 0 saturated heterocycles. The number of hydrogen-bond donors (Lipinski definition) is 1. The summed E-state index contributed by atoms with van der Waals surface area (Å²) in [7, 11) is 1.65. The lowest BCUT2D eigenvalue weighted by atomic mass is 10.1. The zero-order chi connectivity index (χ0) is 15.7. The van der Waals surface area contributed by atoms with Gasteiger partial charge in [0.15, 0.2) is 0 Å². The third-order valence-corrected chi connectivity index (χ3v) is 3.80. The number of guanidine groups is 1. The molecule has 3 aromatic rings. The lowest BCUT2D eigenvalue weighted by molar-refractivity contribution is 0.580. The molecule has 0 fully saturated rings. The van der Waals surface area contributed by atoms with Gasteiger partial charge in [0.1, 0.15) is 6.26 Å². The van der Waals surface area contributed by atoms with Gasteiger partial charge in [-0.05, 0) is 30.7 Å². The van der Waals surface area contributed by atoms with Gasteiger partial charge in [0.25, 0.3) is 0 Å². The van der Waals surface area contributed by atoms with Crippen LogP contribution in [0.2, 0.25) is 5.02 Å². The van der Waals surface area contributed by atoms with E-state index in [9.17, 15) is 0 Å². The molecule has 2 N–H and O–H groups in total. The van der Waals surface area contributed by atoms with Crippen LogP contribution in [0, 0.1) is 6.92 Å². The van der Waals surface area contributed by atoms with Gasteiger partial charge in [0, 0.05) is 22.8 Å². The standard InChI is InChI=1S/C17H16ClN3O/c1-11-7-8-13(18)9-15(11)21(17(19)20-2)16-14-6-4-3-5-12(14)10-22-16/h3-10H,1-2H3,(H2,19,20). The second-order valence-electron chi connectivity index (χ2n) is 4.98. The Morgan fingerprint density at radius 1 is 1.23 bits per heavy atom. The van der Waals surface area contributed by atoms with Crippen LogP contribution in [0.3, 0.4) is 0 Å². The Bertz CT molecular complexity index is 854. The van der Waals surface area contributed by atoms with E-state index in [2.05, 4.69) is 4.99 Å². The first-order valence-corrected chi connectivity index (χ1v) is 7.24. The summed E-state index contributed by atoms with van der Waals surface area (Å²) < 4.78 is 5.77. The Kier molecular flexibility index (Phi) is 3.77. The quantitative estimate of drug-likeness (QED) is 0.560. The van der Waals surface area contributed by atoms with Gasteiger partial charge < -0.3 is 10.2 Å². The Morgan fingerprint density at radius 3 is 2.77 bits per heavy atom. The van der Waals surface area contributed by atoms with Gasteiger partial charge in [-0.2, -0.15) is 0 Å². The smallest absolute Gasteiger partial charge is 0.214 e. The van der Waals surface area contributed by atoms with Crippen LogP contribution in [0.25, 0.3) is 10.8 Å². The zero-order valence-electron chi connectivity index (χ0n) is 12.4. The Labute approximate surface area is 133 Å². The molecular formula is C17H16ClN3O. The third kappa shape index (κ3) is 2.42. The van der Waals surface area contributed by atoms with E-state index in [0.29, 0.717) is 16.9 Å². The average molecular weight is 314 g/mol. The second kappa shape index (κ2) is 5.73. The normalized spacial score (nSPS) is 11.9. The second-order valence-corrected chi connectivity index (χ2v) is 5.41. The Balaban J connectivity index is 2.26. The van der Waals surface area contributed by atoms with E-state index in [1.807, 2.05) is 49.4 Å². The molecule has 0 aliphatic heterocycles. The van der Waals surface area contributed by atoms with E-state index in [-0.39, 0.29) is 0 Å². The molecule has 0 aliphatic rings. The molecule has 0 aliphatic carbocycles. The molecule has 5 heteroatoms. The highest BCUT2D eigenvalue weighted by molar-refractivity contribution is 6.31. The van der Waals surface area contributed by atoms with Crippen molar-refractivity contribution < 1.29 is 4.42 Å². The minimum Gasteiger partial charge on any atom is -0.447 e. The van der Waals surface area contributed by atoms with E-state index in [4.69, 9.17) is 21.8 Å². The largest absolute Gasteiger partial charge is 0.447 e. The van der Waals surface area contributed by atoms with E-state index in [1.165, 1.54) is 0 Å². The number of aliphatic imine (C=N–C) groups is 1. The number of hydrogen-bond acceptors (Lipinski definition) is 2.